The molecule has 0 bridgehead atoms. The Kier molecular flexibility index (Phi) is 4.30. The molecular weight excluding hydrogens is 352 g/mol. The van der Waals surface area contributed by atoms with Crippen LogP contribution in [0.1, 0.15) is 11.1 Å². The van der Waals surface area contributed by atoms with Gasteiger partial charge in [0.1, 0.15) is 0 Å². The van der Waals surface area contributed by atoms with Gasteiger partial charge in [-0.15, -0.1) is 0 Å². The molecule has 0 aliphatic rings. The predicted octanol–water partition coefficient (Wildman–Crippen LogP) is 3.47. The highest BCUT2D eigenvalue weighted by molar-refractivity contribution is 9.10. The van der Waals surface area contributed by atoms with Crippen molar-refractivity contribution in [2.45, 2.75) is 18.7 Å². The number of nitrogens with zero attached hydrogens (tertiary/aromatic N) is 1. The zero-order valence-electron chi connectivity index (χ0n) is 12.1. The van der Waals surface area contributed by atoms with E-state index in [9.17, 15) is 8.42 Å². The van der Waals surface area contributed by atoms with Crippen LogP contribution in [0, 0.1) is 13.8 Å². The molecule has 0 saturated heterocycles. The molecule has 2 aromatic carbocycles. The minimum absolute atomic E-state index is 0.208. The lowest BCUT2D eigenvalue weighted by Gasteiger charge is -2.23. The van der Waals surface area contributed by atoms with E-state index in [4.69, 9.17) is 5.73 Å². The molecule has 0 spiro atoms. The fraction of sp³-hybridized carbons (Fsp3) is 0.200. The van der Waals surface area contributed by atoms with Gasteiger partial charge in [-0.1, -0.05) is 34.1 Å². The number of sulfonamides is 1. The maximum absolute atomic E-state index is 12.9. The Morgan fingerprint density at radius 2 is 1.76 bits per heavy atom. The van der Waals surface area contributed by atoms with Gasteiger partial charge in [0.05, 0.1) is 10.6 Å². The van der Waals surface area contributed by atoms with E-state index in [1.165, 1.54) is 4.31 Å². The average Bonchev–Trinajstić information content (AvgIpc) is 2.42. The SMILES string of the molecule is Cc1ccccc1N(C)S(=O)(=O)c1cc(Br)cc(N)c1C. The second-order valence-electron chi connectivity index (χ2n) is 4.88. The van der Waals surface area contributed by atoms with Crippen molar-refractivity contribution in [3.05, 3.63) is 52.0 Å². The zero-order chi connectivity index (χ0) is 15.8. The molecule has 4 nitrogen and oxygen atoms in total. The number of nitrogen functional groups attached to an aromatic ring is 1. The predicted molar refractivity (Wildman–Crippen MR) is 90.1 cm³/mol. The number of hydrogen-bond donors (Lipinski definition) is 1. The second kappa shape index (κ2) is 5.69. The van der Waals surface area contributed by atoms with Gasteiger partial charge < -0.3 is 5.73 Å². The Bertz CT molecular complexity index is 788. The second-order valence-corrected chi connectivity index (χ2v) is 7.73. The zero-order valence-corrected chi connectivity index (χ0v) is 14.5. The fourth-order valence-electron chi connectivity index (χ4n) is 2.14. The first-order valence-electron chi connectivity index (χ1n) is 6.35. The van der Waals surface area contributed by atoms with Crippen molar-refractivity contribution in [2.24, 2.45) is 0 Å². The van der Waals surface area contributed by atoms with Gasteiger partial charge in [-0.25, -0.2) is 8.42 Å². The molecule has 2 rings (SSSR count). The van der Waals surface area contributed by atoms with Crippen LogP contribution < -0.4 is 10.0 Å². The van der Waals surface area contributed by atoms with Crippen LogP contribution >= 0.6 is 15.9 Å². The van der Waals surface area contributed by atoms with Gasteiger partial charge in [0.15, 0.2) is 0 Å². The summed E-state index contributed by atoms with van der Waals surface area (Å²) in [7, 11) is -2.12. The standard InChI is InChI=1S/C15H17BrN2O2S/c1-10-6-4-5-7-14(10)18(3)21(19,20)15-9-12(16)8-13(17)11(15)2/h4-9H,17H2,1-3H3. The van der Waals surface area contributed by atoms with Crippen LogP contribution in [0.4, 0.5) is 11.4 Å². The first-order chi connectivity index (χ1) is 9.75. The summed E-state index contributed by atoms with van der Waals surface area (Å²) in [6.45, 7) is 3.59. The maximum atomic E-state index is 12.9. The summed E-state index contributed by atoms with van der Waals surface area (Å²) in [4.78, 5) is 0.208. The molecule has 2 N–H and O–H groups in total. The van der Waals surface area contributed by atoms with Crippen LogP contribution in [0.3, 0.4) is 0 Å². The van der Waals surface area contributed by atoms with E-state index >= 15 is 0 Å². The third kappa shape index (κ3) is 2.91. The molecule has 2 aromatic rings. The van der Waals surface area contributed by atoms with Gasteiger partial charge >= 0.3 is 0 Å². The Hall–Kier alpha value is -1.53. The smallest absolute Gasteiger partial charge is 0.264 e. The summed E-state index contributed by atoms with van der Waals surface area (Å²) < 4.78 is 27.6. The molecule has 0 heterocycles. The lowest BCUT2D eigenvalue weighted by Crippen LogP contribution is -2.28. The molecule has 0 fully saturated rings. The van der Waals surface area contributed by atoms with Gasteiger partial charge in [0, 0.05) is 17.2 Å². The van der Waals surface area contributed by atoms with E-state index in [2.05, 4.69) is 15.9 Å². The summed E-state index contributed by atoms with van der Waals surface area (Å²) in [5.74, 6) is 0. The fourth-order valence-corrected chi connectivity index (χ4v) is 4.30. The van der Waals surface area contributed by atoms with Crippen molar-refractivity contribution in [2.75, 3.05) is 17.1 Å². The summed E-state index contributed by atoms with van der Waals surface area (Å²) in [5.41, 5.74) is 8.42. The van der Waals surface area contributed by atoms with Crippen LogP contribution in [0.25, 0.3) is 0 Å². The van der Waals surface area contributed by atoms with Crippen molar-refractivity contribution < 1.29 is 8.42 Å². The Labute approximate surface area is 133 Å². The van der Waals surface area contributed by atoms with Gasteiger partial charge in [0.25, 0.3) is 10.0 Å². The normalized spacial score (nSPS) is 11.4. The monoisotopic (exact) mass is 368 g/mol. The number of halogens is 1. The molecule has 0 aliphatic carbocycles. The lowest BCUT2D eigenvalue weighted by molar-refractivity contribution is 0.593. The van der Waals surface area contributed by atoms with Crippen LogP contribution in [0.15, 0.2) is 45.8 Å². The molecule has 0 atom stereocenters. The number of para-hydroxylation sites is 1. The minimum Gasteiger partial charge on any atom is -0.398 e. The number of anilines is 2. The largest absolute Gasteiger partial charge is 0.398 e. The third-order valence-corrected chi connectivity index (χ3v) is 5.81. The quantitative estimate of drug-likeness (QED) is 0.843. The minimum atomic E-state index is -3.67. The number of hydrogen-bond acceptors (Lipinski definition) is 3. The summed E-state index contributed by atoms with van der Waals surface area (Å²) in [5, 5.41) is 0. The number of benzene rings is 2. The van der Waals surface area contributed by atoms with E-state index in [1.54, 1.807) is 32.2 Å². The van der Waals surface area contributed by atoms with Gasteiger partial charge in [-0.05, 0) is 43.2 Å². The van der Waals surface area contributed by atoms with E-state index in [0.29, 0.717) is 21.4 Å². The summed E-state index contributed by atoms with van der Waals surface area (Å²) in [6.07, 6.45) is 0. The molecule has 112 valence electrons. The van der Waals surface area contributed by atoms with Crippen molar-refractivity contribution in [3.63, 3.8) is 0 Å². The van der Waals surface area contributed by atoms with Crippen molar-refractivity contribution in [1.29, 1.82) is 0 Å². The molecule has 0 radical (unpaired) electrons. The van der Waals surface area contributed by atoms with Crippen LogP contribution in [-0.2, 0) is 10.0 Å². The number of rotatable bonds is 3. The van der Waals surface area contributed by atoms with Crippen LogP contribution in [-0.4, -0.2) is 15.5 Å². The molecule has 0 amide bonds. The van der Waals surface area contributed by atoms with Crippen molar-refractivity contribution in [3.8, 4) is 0 Å². The molecule has 0 unspecified atom stereocenters. The average molecular weight is 369 g/mol. The van der Waals surface area contributed by atoms with Gasteiger partial charge in [-0.2, -0.15) is 0 Å². The van der Waals surface area contributed by atoms with Crippen molar-refractivity contribution in [1.82, 2.24) is 0 Å². The first kappa shape index (κ1) is 15.9. The highest BCUT2D eigenvalue weighted by atomic mass is 79.9. The Balaban J connectivity index is 2.60. The summed E-state index contributed by atoms with van der Waals surface area (Å²) >= 11 is 3.30. The molecule has 6 heteroatoms. The van der Waals surface area contributed by atoms with E-state index in [1.807, 2.05) is 25.1 Å². The third-order valence-electron chi connectivity index (χ3n) is 3.46. The van der Waals surface area contributed by atoms with E-state index in [-0.39, 0.29) is 4.90 Å². The van der Waals surface area contributed by atoms with E-state index in [0.717, 1.165) is 5.56 Å². The van der Waals surface area contributed by atoms with Crippen LogP contribution in [0.2, 0.25) is 0 Å². The number of aryl methyl sites for hydroxylation is 1. The van der Waals surface area contributed by atoms with Gasteiger partial charge in [-0.3, -0.25) is 4.31 Å². The van der Waals surface area contributed by atoms with Crippen LogP contribution in [0.5, 0.6) is 0 Å². The maximum Gasteiger partial charge on any atom is 0.264 e. The lowest BCUT2D eigenvalue weighted by atomic mass is 10.2. The highest BCUT2D eigenvalue weighted by Crippen LogP contribution is 2.31. The highest BCUT2D eigenvalue weighted by Gasteiger charge is 2.25. The first-order valence-corrected chi connectivity index (χ1v) is 8.58. The molecule has 0 aromatic heterocycles. The molecule has 0 saturated carbocycles. The molecule has 0 aliphatic heterocycles. The molecular formula is C15H17BrN2O2S. The Morgan fingerprint density at radius 3 is 2.38 bits per heavy atom. The summed E-state index contributed by atoms with van der Waals surface area (Å²) in [6, 6.07) is 10.6. The molecule has 21 heavy (non-hydrogen) atoms. The van der Waals surface area contributed by atoms with Gasteiger partial charge in [0.2, 0.25) is 0 Å². The van der Waals surface area contributed by atoms with E-state index < -0.39 is 10.0 Å². The topological polar surface area (TPSA) is 63.4 Å². The Morgan fingerprint density at radius 1 is 1.14 bits per heavy atom. The number of nitrogens with two attached hydrogens (primary N) is 1. The van der Waals surface area contributed by atoms with Crippen molar-refractivity contribution >= 4 is 37.3 Å².